The number of amides is 1. The highest BCUT2D eigenvalue weighted by Gasteiger charge is 2.55. The molecule has 0 bridgehead atoms. The number of rotatable bonds is 6. The van der Waals surface area contributed by atoms with Crippen molar-refractivity contribution in [1.29, 1.82) is 0 Å². The predicted molar refractivity (Wildman–Crippen MR) is 88.8 cm³/mol. The minimum absolute atomic E-state index is 0.0727. The number of carbonyl (C=O) groups excluding carboxylic acids is 1. The summed E-state index contributed by atoms with van der Waals surface area (Å²) in [5.74, 6) is -0.0599. The second-order valence-corrected chi connectivity index (χ2v) is 6.79. The Morgan fingerprint density at radius 2 is 2.04 bits per heavy atom. The molecular formula is C18H25F3N2O2. The number of hydrogen-bond donors (Lipinski definition) is 3. The zero-order chi connectivity index (χ0) is 18.5. The highest BCUT2D eigenvalue weighted by molar-refractivity contribution is 5.76. The topological polar surface area (TPSA) is 61.4 Å². The number of nitrogens with one attached hydrogen (secondary N) is 2. The summed E-state index contributed by atoms with van der Waals surface area (Å²) in [4.78, 5) is 12.1. The van der Waals surface area contributed by atoms with Crippen LogP contribution in [0.5, 0.6) is 0 Å². The van der Waals surface area contributed by atoms with E-state index >= 15 is 0 Å². The Balaban J connectivity index is 1.97. The van der Waals surface area contributed by atoms with Gasteiger partial charge in [-0.25, -0.2) is 0 Å². The summed E-state index contributed by atoms with van der Waals surface area (Å²) in [7, 11) is 0. The van der Waals surface area contributed by atoms with Crippen LogP contribution < -0.4 is 10.6 Å². The van der Waals surface area contributed by atoms with Crippen molar-refractivity contribution in [2.45, 2.75) is 38.0 Å². The molecule has 25 heavy (non-hydrogen) atoms. The number of benzene rings is 1. The van der Waals surface area contributed by atoms with Crippen molar-refractivity contribution >= 4 is 5.91 Å². The molecule has 7 heteroatoms. The summed E-state index contributed by atoms with van der Waals surface area (Å²) in [5, 5.41) is 15.7. The predicted octanol–water partition coefficient (Wildman–Crippen LogP) is 2.58. The number of carbonyl (C=O) groups is 1. The van der Waals surface area contributed by atoms with Crippen LogP contribution in [0, 0.1) is 11.8 Å². The van der Waals surface area contributed by atoms with E-state index in [0.29, 0.717) is 5.92 Å². The summed E-state index contributed by atoms with van der Waals surface area (Å²) >= 11 is 0. The zero-order valence-corrected chi connectivity index (χ0v) is 14.3. The van der Waals surface area contributed by atoms with Crippen LogP contribution in [0.25, 0.3) is 0 Å². The van der Waals surface area contributed by atoms with Gasteiger partial charge in [-0.05, 0) is 43.3 Å². The summed E-state index contributed by atoms with van der Waals surface area (Å²) in [6.07, 6.45) is -2.69. The van der Waals surface area contributed by atoms with Gasteiger partial charge in [0.05, 0.1) is 6.54 Å². The van der Waals surface area contributed by atoms with Crippen molar-refractivity contribution in [2.75, 3.05) is 19.6 Å². The van der Waals surface area contributed by atoms with Crippen LogP contribution in [0.1, 0.15) is 31.7 Å². The lowest BCUT2D eigenvalue weighted by Crippen LogP contribution is -2.51. The van der Waals surface area contributed by atoms with E-state index in [9.17, 15) is 23.1 Å². The Morgan fingerprint density at radius 3 is 2.60 bits per heavy atom. The Kier molecular flexibility index (Phi) is 6.46. The summed E-state index contributed by atoms with van der Waals surface area (Å²) < 4.78 is 40.2. The van der Waals surface area contributed by atoms with Gasteiger partial charge in [0, 0.05) is 6.42 Å². The molecule has 1 fully saturated rings. The minimum Gasteiger partial charge on any atom is -0.375 e. The molecule has 1 aliphatic rings. The monoisotopic (exact) mass is 358 g/mol. The highest BCUT2D eigenvalue weighted by atomic mass is 19.4. The molecule has 1 aliphatic heterocycles. The molecule has 1 saturated heterocycles. The van der Waals surface area contributed by atoms with E-state index in [1.165, 1.54) is 24.3 Å². The van der Waals surface area contributed by atoms with Crippen LogP contribution in [0.3, 0.4) is 0 Å². The third kappa shape index (κ3) is 4.95. The summed E-state index contributed by atoms with van der Waals surface area (Å²) in [6.45, 7) is 2.83. The lowest BCUT2D eigenvalue weighted by atomic mass is 9.85. The van der Waals surface area contributed by atoms with Crippen LogP contribution >= 0.6 is 0 Å². The van der Waals surface area contributed by atoms with E-state index < -0.39 is 24.2 Å². The molecule has 0 aliphatic carbocycles. The molecule has 0 aromatic heterocycles. The molecule has 3 N–H and O–H groups in total. The minimum atomic E-state index is -4.89. The van der Waals surface area contributed by atoms with Gasteiger partial charge < -0.3 is 15.7 Å². The van der Waals surface area contributed by atoms with Gasteiger partial charge in [0.25, 0.3) is 0 Å². The largest absolute Gasteiger partial charge is 0.423 e. The number of alkyl halides is 3. The van der Waals surface area contributed by atoms with E-state index in [1.807, 2.05) is 6.92 Å². The maximum Gasteiger partial charge on any atom is 0.423 e. The number of halogens is 3. The maximum atomic E-state index is 13.4. The Bertz CT molecular complexity index is 559. The molecule has 0 radical (unpaired) electrons. The first-order valence-electron chi connectivity index (χ1n) is 8.56. The Morgan fingerprint density at radius 1 is 1.36 bits per heavy atom. The van der Waals surface area contributed by atoms with Gasteiger partial charge >= 0.3 is 6.18 Å². The van der Waals surface area contributed by atoms with Crippen molar-refractivity contribution in [1.82, 2.24) is 10.6 Å². The second-order valence-electron chi connectivity index (χ2n) is 6.79. The van der Waals surface area contributed by atoms with Crippen molar-refractivity contribution in [2.24, 2.45) is 11.8 Å². The van der Waals surface area contributed by atoms with Crippen LogP contribution in [0.4, 0.5) is 13.2 Å². The van der Waals surface area contributed by atoms with Gasteiger partial charge in [0.1, 0.15) is 0 Å². The summed E-state index contributed by atoms with van der Waals surface area (Å²) in [6, 6.07) is 6.82. The molecule has 4 nitrogen and oxygen atoms in total. The van der Waals surface area contributed by atoms with Gasteiger partial charge in [-0.3, -0.25) is 4.79 Å². The lowest BCUT2D eigenvalue weighted by molar-refractivity contribution is -0.264. The Hall–Kier alpha value is -1.60. The standard InChI is InChI=1S/C18H25F3N2O2/c1-13(14-6-5-9-22-11-14)10-16(24)23-12-17(25,18(19,20)21)15-7-3-2-4-8-15/h2-4,7-8,13-14,22,25H,5-6,9-12H2,1H3,(H,23,24). The molecule has 2 rings (SSSR count). The SMILES string of the molecule is CC(CC(=O)NCC(O)(c1ccccc1)C(F)(F)F)C1CCCNC1. The van der Waals surface area contributed by atoms with Crippen molar-refractivity contribution in [3.8, 4) is 0 Å². The fraction of sp³-hybridized carbons (Fsp3) is 0.611. The molecule has 1 heterocycles. The van der Waals surface area contributed by atoms with E-state index in [-0.39, 0.29) is 17.9 Å². The van der Waals surface area contributed by atoms with Gasteiger partial charge in [-0.15, -0.1) is 0 Å². The first-order chi connectivity index (χ1) is 11.7. The first-order valence-corrected chi connectivity index (χ1v) is 8.56. The van der Waals surface area contributed by atoms with Crippen molar-refractivity contribution < 1.29 is 23.1 Å². The van der Waals surface area contributed by atoms with Crippen LogP contribution in [0.2, 0.25) is 0 Å². The molecule has 1 aromatic carbocycles. The smallest absolute Gasteiger partial charge is 0.375 e. The number of hydrogen-bond acceptors (Lipinski definition) is 3. The van der Waals surface area contributed by atoms with Crippen LogP contribution in [-0.4, -0.2) is 36.8 Å². The fourth-order valence-corrected chi connectivity index (χ4v) is 3.20. The molecular weight excluding hydrogens is 333 g/mol. The van der Waals surface area contributed by atoms with E-state index in [4.69, 9.17) is 0 Å². The summed E-state index contributed by atoms with van der Waals surface area (Å²) in [5.41, 5.74) is -3.38. The highest BCUT2D eigenvalue weighted by Crippen LogP contribution is 2.38. The molecule has 140 valence electrons. The van der Waals surface area contributed by atoms with Gasteiger partial charge in [-0.1, -0.05) is 37.3 Å². The van der Waals surface area contributed by atoms with Crippen molar-refractivity contribution in [3.05, 3.63) is 35.9 Å². The first kappa shape index (κ1) is 19.7. The molecule has 1 aromatic rings. The normalized spacial score (nSPS) is 22.0. The maximum absolute atomic E-state index is 13.4. The molecule has 0 saturated carbocycles. The van der Waals surface area contributed by atoms with Gasteiger partial charge in [0.2, 0.25) is 11.5 Å². The lowest BCUT2D eigenvalue weighted by Gasteiger charge is -2.32. The molecule has 3 unspecified atom stereocenters. The van der Waals surface area contributed by atoms with Crippen molar-refractivity contribution in [3.63, 3.8) is 0 Å². The number of piperidine rings is 1. The van der Waals surface area contributed by atoms with E-state index in [1.54, 1.807) is 6.07 Å². The van der Waals surface area contributed by atoms with E-state index in [0.717, 1.165) is 25.9 Å². The Labute approximate surface area is 145 Å². The molecule has 3 atom stereocenters. The van der Waals surface area contributed by atoms with Crippen LogP contribution in [0.15, 0.2) is 30.3 Å². The third-order valence-electron chi connectivity index (χ3n) is 4.91. The molecule has 1 amide bonds. The van der Waals surface area contributed by atoms with E-state index in [2.05, 4.69) is 10.6 Å². The quantitative estimate of drug-likeness (QED) is 0.733. The molecule has 0 spiro atoms. The van der Waals surface area contributed by atoms with Gasteiger partial charge in [0.15, 0.2) is 0 Å². The number of aliphatic hydroxyl groups is 1. The fourth-order valence-electron chi connectivity index (χ4n) is 3.20. The zero-order valence-electron chi connectivity index (χ0n) is 14.3. The average molecular weight is 358 g/mol. The third-order valence-corrected chi connectivity index (χ3v) is 4.91. The average Bonchev–Trinajstić information content (AvgIpc) is 2.60. The van der Waals surface area contributed by atoms with Crippen LogP contribution in [-0.2, 0) is 10.4 Å². The second kappa shape index (κ2) is 8.19. The van der Waals surface area contributed by atoms with Gasteiger partial charge in [-0.2, -0.15) is 13.2 Å².